The van der Waals surface area contributed by atoms with E-state index in [-0.39, 0.29) is 0 Å². The standard InChI is InChI=1S/C8H5N3/c1-9-6-2-3-7-8(4-6)11-5-10-7/h2-5H,(H,10,11). The third-order valence-electron chi connectivity index (χ3n) is 1.53. The van der Waals surface area contributed by atoms with Crippen molar-refractivity contribution in [1.82, 2.24) is 9.97 Å². The summed E-state index contributed by atoms with van der Waals surface area (Å²) in [6.45, 7) is 6.76. The van der Waals surface area contributed by atoms with E-state index in [0.717, 1.165) is 11.0 Å². The van der Waals surface area contributed by atoms with E-state index < -0.39 is 0 Å². The molecule has 1 aromatic heterocycles. The number of aromatic amines is 1. The van der Waals surface area contributed by atoms with E-state index in [1.807, 2.05) is 6.07 Å². The summed E-state index contributed by atoms with van der Waals surface area (Å²) in [5.41, 5.74) is 2.46. The number of H-pyrrole nitrogens is 1. The first-order valence-corrected chi connectivity index (χ1v) is 3.21. The smallest absolute Gasteiger partial charge is 0.189 e. The van der Waals surface area contributed by atoms with Crippen molar-refractivity contribution in [3.8, 4) is 0 Å². The zero-order valence-electron chi connectivity index (χ0n) is 5.70. The molecule has 0 fully saturated rings. The number of nitrogens with one attached hydrogen (secondary N) is 1. The summed E-state index contributed by atoms with van der Waals surface area (Å²) in [6.07, 6.45) is 1.62. The number of aromatic nitrogens is 2. The highest BCUT2D eigenvalue weighted by Gasteiger charge is 1.95. The molecule has 2 aromatic rings. The summed E-state index contributed by atoms with van der Waals surface area (Å²) in [5.74, 6) is 0. The maximum absolute atomic E-state index is 6.76. The second-order valence-electron chi connectivity index (χ2n) is 2.22. The first kappa shape index (κ1) is 5.93. The Morgan fingerprint density at radius 3 is 3.18 bits per heavy atom. The molecule has 0 atom stereocenters. The van der Waals surface area contributed by atoms with Crippen LogP contribution in [0.2, 0.25) is 0 Å². The van der Waals surface area contributed by atoms with E-state index in [4.69, 9.17) is 6.57 Å². The summed E-state index contributed by atoms with van der Waals surface area (Å²) in [5, 5.41) is 0. The third kappa shape index (κ3) is 0.849. The van der Waals surface area contributed by atoms with Crippen molar-refractivity contribution in [3.05, 3.63) is 35.9 Å². The fourth-order valence-electron chi connectivity index (χ4n) is 0.993. The van der Waals surface area contributed by atoms with Crippen LogP contribution in [-0.4, -0.2) is 9.97 Å². The molecule has 3 nitrogen and oxygen atoms in total. The van der Waals surface area contributed by atoms with Crippen molar-refractivity contribution in [2.24, 2.45) is 0 Å². The summed E-state index contributed by atoms with van der Waals surface area (Å²) < 4.78 is 0. The molecule has 0 amide bonds. The van der Waals surface area contributed by atoms with Crippen LogP contribution in [0.15, 0.2) is 24.5 Å². The molecular weight excluding hydrogens is 138 g/mol. The Morgan fingerprint density at radius 2 is 2.36 bits per heavy atom. The van der Waals surface area contributed by atoms with Gasteiger partial charge in [0.2, 0.25) is 0 Å². The van der Waals surface area contributed by atoms with Crippen LogP contribution >= 0.6 is 0 Å². The molecule has 11 heavy (non-hydrogen) atoms. The van der Waals surface area contributed by atoms with Gasteiger partial charge in [0.15, 0.2) is 5.69 Å². The van der Waals surface area contributed by atoms with Gasteiger partial charge in [0.25, 0.3) is 0 Å². The van der Waals surface area contributed by atoms with E-state index in [2.05, 4.69) is 14.8 Å². The van der Waals surface area contributed by atoms with Crippen molar-refractivity contribution < 1.29 is 0 Å². The summed E-state index contributed by atoms with van der Waals surface area (Å²) >= 11 is 0. The molecule has 0 bridgehead atoms. The minimum Gasteiger partial charge on any atom is -0.346 e. The van der Waals surface area contributed by atoms with Gasteiger partial charge in [-0.1, -0.05) is 6.07 Å². The van der Waals surface area contributed by atoms with E-state index >= 15 is 0 Å². The highest BCUT2D eigenvalue weighted by atomic mass is 14.9. The predicted molar refractivity (Wildman–Crippen MR) is 42.4 cm³/mol. The fourth-order valence-corrected chi connectivity index (χ4v) is 0.993. The van der Waals surface area contributed by atoms with E-state index in [0.29, 0.717) is 5.69 Å². The van der Waals surface area contributed by atoms with Gasteiger partial charge in [-0.25, -0.2) is 9.83 Å². The van der Waals surface area contributed by atoms with Crippen molar-refractivity contribution in [3.63, 3.8) is 0 Å². The first-order valence-electron chi connectivity index (χ1n) is 3.21. The average molecular weight is 143 g/mol. The fraction of sp³-hybridized carbons (Fsp3) is 0. The number of imidazole rings is 1. The molecule has 1 heterocycles. The number of hydrogen-bond acceptors (Lipinski definition) is 1. The van der Waals surface area contributed by atoms with Crippen LogP contribution in [0.3, 0.4) is 0 Å². The maximum atomic E-state index is 6.76. The molecule has 0 radical (unpaired) electrons. The Morgan fingerprint density at radius 1 is 1.45 bits per heavy atom. The second kappa shape index (κ2) is 2.10. The van der Waals surface area contributed by atoms with Crippen LogP contribution in [0.4, 0.5) is 5.69 Å². The average Bonchev–Trinajstić information content (AvgIpc) is 2.50. The number of nitrogens with zero attached hydrogens (tertiary/aromatic N) is 2. The van der Waals surface area contributed by atoms with Crippen molar-refractivity contribution in [1.29, 1.82) is 0 Å². The Kier molecular flexibility index (Phi) is 1.13. The Bertz CT molecular complexity index is 422. The molecule has 0 saturated heterocycles. The molecule has 2 rings (SSSR count). The molecule has 1 N–H and O–H groups in total. The lowest BCUT2D eigenvalue weighted by Gasteiger charge is -1.87. The zero-order chi connectivity index (χ0) is 7.68. The molecule has 0 unspecified atom stereocenters. The Balaban J connectivity index is 2.79. The van der Waals surface area contributed by atoms with E-state index in [9.17, 15) is 0 Å². The lowest BCUT2D eigenvalue weighted by Crippen LogP contribution is -1.66. The normalized spacial score (nSPS) is 9.73. The second-order valence-corrected chi connectivity index (χ2v) is 2.22. The van der Waals surface area contributed by atoms with Crippen molar-refractivity contribution in [2.75, 3.05) is 0 Å². The summed E-state index contributed by atoms with van der Waals surface area (Å²) in [7, 11) is 0. The summed E-state index contributed by atoms with van der Waals surface area (Å²) in [6, 6.07) is 5.38. The first-order chi connectivity index (χ1) is 5.40. The van der Waals surface area contributed by atoms with Gasteiger partial charge in [0.1, 0.15) is 0 Å². The van der Waals surface area contributed by atoms with Gasteiger partial charge in [-0.2, -0.15) is 0 Å². The molecule has 0 aliphatic carbocycles. The molecule has 1 aromatic carbocycles. The lowest BCUT2D eigenvalue weighted by molar-refractivity contribution is 1.34. The molecule has 0 aliphatic rings. The van der Waals surface area contributed by atoms with Crippen LogP contribution < -0.4 is 0 Å². The van der Waals surface area contributed by atoms with Gasteiger partial charge >= 0.3 is 0 Å². The van der Waals surface area contributed by atoms with Gasteiger partial charge in [-0.15, -0.1) is 0 Å². The van der Waals surface area contributed by atoms with Gasteiger partial charge in [0, 0.05) is 0 Å². The molecule has 0 saturated carbocycles. The summed E-state index contributed by atoms with van der Waals surface area (Å²) in [4.78, 5) is 10.3. The largest absolute Gasteiger partial charge is 0.346 e. The van der Waals surface area contributed by atoms with Gasteiger partial charge < -0.3 is 4.98 Å². The van der Waals surface area contributed by atoms with Crippen LogP contribution in [0, 0.1) is 6.57 Å². The molecule has 52 valence electrons. The number of fused-ring (bicyclic) bond motifs is 1. The lowest BCUT2D eigenvalue weighted by atomic mass is 10.3. The SMILES string of the molecule is [C-]#[N+]c1ccc2nc[nH]c2c1. The van der Waals surface area contributed by atoms with Crippen molar-refractivity contribution in [2.45, 2.75) is 0 Å². The molecule has 0 aliphatic heterocycles. The maximum Gasteiger partial charge on any atom is 0.189 e. The van der Waals surface area contributed by atoms with E-state index in [1.165, 1.54) is 0 Å². The number of rotatable bonds is 0. The molecule has 3 heteroatoms. The van der Waals surface area contributed by atoms with Crippen molar-refractivity contribution >= 4 is 16.7 Å². The highest BCUT2D eigenvalue weighted by molar-refractivity contribution is 5.78. The van der Waals surface area contributed by atoms with Gasteiger partial charge in [0.05, 0.1) is 23.9 Å². The monoisotopic (exact) mass is 143 g/mol. The minimum absolute atomic E-state index is 0.641. The van der Waals surface area contributed by atoms with Crippen LogP contribution in [0.1, 0.15) is 0 Å². The minimum atomic E-state index is 0.641. The highest BCUT2D eigenvalue weighted by Crippen LogP contribution is 2.17. The van der Waals surface area contributed by atoms with Gasteiger partial charge in [-0.3, -0.25) is 0 Å². The molecular formula is C8H5N3. The third-order valence-corrected chi connectivity index (χ3v) is 1.53. The topological polar surface area (TPSA) is 33.0 Å². The Labute approximate surface area is 63.5 Å². The van der Waals surface area contributed by atoms with Crippen LogP contribution in [-0.2, 0) is 0 Å². The van der Waals surface area contributed by atoms with Crippen LogP contribution in [0.25, 0.3) is 15.9 Å². The van der Waals surface area contributed by atoms with E-state index in [1.54, 1.807) is 18.5 Å². The predicted octanol–water partition coefficient (Wildman–Crippen LogP) is 2.11. The number of benzene rings is 1. The number of hydrogen-bond donors (Lipinski definition) is 1. The van der Waals surface area contributed by atoms with Crippen LogP contribution in [0.5, 0.6) is 0 Å². The Hall–Kier alpha value is -1.82. The zero-order valence-corrected chi connectivity index (χ0v) is 5.70. The quantitative estimate of drug-likeness (QED) is 0.563. The molecule has 0 spiro atoms. The van der Waals surface area contributed by atoms with Gasteiger partial charge in [-0.05, 0) is 12.1 Å².